The summed E-state index contributed by atoms with van der Waals surface area (Å²) in [6.07, 6.45) is 19.3. The van der Waals surface area contributed by atoms with Gasteiger partial charge in [-0.3, -0.25) is 4.90 Å². The number of fused-ring (bicyclic) bond motifs is 3. The van der Waals surface area contributed by atoms with Crippen molar-refractivity contribution in [2.24, 2.45) is 22.9 Å². The maximum absolute atomic E-state index is 15.2. The summed E-state index contributed by atoms with van der Waals surface area (Å²) in [7, 11) is 1.54. The van der Waals surface area contributed by atoms with Crippen molar-refractivity contribution in [1.82, 2.24) is 10.2 Å². The van der Waals surface area contributed by atoms with Crippen LogP contribution in [-0.4, -0.2) is 78.4 Å². The summed E-state index contributed by atoms with van der Waals surface area (Å²) >= 11 is 0. The zero-order valence-electron chi connectivity index (χ0n) is 42.8. The van der Waals surface area contributed by atoms with Crippen molar-refractivity contribution in [3.63, 3.8) is 0 Å². The predicted molar refractivity (Wildman–Crippen MR) is 284 cm³/mol. The first-order valence-electron chi connectivity index (χ1n) is 26.9. The van der Waals surface area contributed by atoms with Crippen molar-refractivity contribution in [3.8, 4) is 11.5 Å². The van der Waals surface area contributed by atoms with Gasteiger partial charge in [-0.2, -0.15) is 0 Å². The molecule has 1 saturated carbocycles. The third-order valence-electron chi connectivity index (χ3n) is 14.9. The second kappa shape index (κ2) is 27.9. The van der Waals surface area contributed by atoms with Crippen molar-refractivity contribution >= 4 is 28.7 Å². The molecule has 0 bridgehead atoms. The van der Waals surface area contributed by atoms with E-state index in [1.807, 2.05) is 60.7 Å². The number of hydrogen-bond acceptors (Lipinski definition) is 10. The number of oxime groups is 1. The number of amides is 2. The van der Waals surface area contributed by atoms with Crippen molar-refractivity contribution < 1.29 is 43.6 Å². The van der Waals surface area contributed by atoms with E-state index >= 15 is 4.79 Å². The van der Waals surface area contributed by atoms with E-state index in [4.69, 9.17) is 28.9 Å². The van der Waals surface area contributed by atoms with E-state index in [2.05, 4.69) is 49.2 Å². The van der Waals surface area contributed by atoms with Gasteiger partial charge in [-0.15, -0.1) is 6.58 Å². The monoisotopic (exact) mass is 986 g/mol. The zero-order chi connectivity index (χ0) is 50.5. The topological polar surface area (TPSA) is 148 Å². The van der Waals surface area contributed by atoms with E-state index in [1.165, 1.54) is 44.9 Å². The lowest BCUT2D eigenvalue weighted by Crippen LogP contribution is -2.70. The lowest BCUT2D eigenvalue weighted by molar-refractivity contribution is -0.256. The number of carbonyl (C=O) groups excluding carboxylic acids is 2. The van der Waals surface area contributed by atoms with Crippen LogP contribution in [-0.2, 0) is 27.4 Å². The van der Waals surface area contributed by atoms with Gasteiger partial charge in [0, 0.05) is 37.7 Å². The van der Waals surface area contributed by atoms with Crippen LogP contribution < -0.4 is 14.8 Å². The molecule has 7 rings (SSSR count). The maximum Gasteiger partial charge on any atom is 0.412 e. The lowest BCUT2D eigenvalue weighted by Gasteiger charge is -2.59. The highest BCUT2D eigenvalue weighted by atomic mass is 16.7. The molecule has 0 spiro atoms. The number of ether oxygens (including phenoxy) is 4. The molecule has 388 valence electrons. The molecular formula is C60H79N3O9. The van der Waals surface area contributed by atoms with Crippen molar-refractivity contribution in [3.05, 3.63) is 132 Å². The highest BCUT2D eigenvalue weighted by Crippen LogP contribution is 2.62. The van der Waals surface area contributed by atoms with Gasteiger partial charge < -0.3 is 39.3 Å². The van der Waals surface area contributed by atoms with Crippen molar-refractivity contribution in [2.75, 3.05) is 33.5 Å². The van der Waals surface area contributed by atoms with Crippen LogP contribution in [0.4, 0.5) is 9.59 Å². The first kappa shape index (κ1) is 54.1. The van der Waals surface area contributed by atoms with Crippen molar-refractivity contribution in [1.29, 1.82) is 0 Å². The van der Waals surface area contributed by atoms with E-state index in [1.54, 1.807) is 24.2 Å². The molecule has 12 nitrogen and oxygen atoms in total. The lowest BCUT2D eigenvalue weighted by atomic mass is 9.55. The molecule has 0 saturated heterocycles. The molecule has 1 fully saturated rings. The molecule has 1 heterocycles. The number of nitrogens with zero attached hydrogens (tertiary/aromatic N) is 2. The molecule has 4 aromatic rings. The Bertz CT molecular complexity index is 2400. The van der Waals surface area contributed by atoms with Gasteiger partial charge in [-0.05, 0) is 89.6 Å². The third kappa shape index (κ3) is 13.7. The van der Waals surface area contributed by atoms with E-state index in [0.717, 1.165) is 78.0 Å². The standard InChI is InChI=1S/C60H79N3O9/c1-4-6-7-8-9-10-11-12-13-23-38-69-59(67)63(43-47-30-24-29-45-27-17-18-31-49(45)47)55-41-53(62-68-3)51-39-46(28-19-21-35-64)50(32-20-22-36-65)56-52-40-48(71-58(66)61-42-44-25-15-14-16-26-44)33-34-54(52)72-60(55,57(51)56)70-37-5-2/h5,14-18,24-27,29-31,33-34,39-40,46,50,55-57,64-65H,2,4,6-13,19-23,28,32,35-38,41-43H2,1,3H3,(H,61,66). The molecule has 6 atom stereocenters. The normalized spacial score (nSPS) is 21.5. The van der Waals surface area contributed by atoms with E-state index in [9.17, 15) is 15.0 Å². The van der Waals surface area contributed by atoms with E-state index in [0.29, 0.717) is 36.6 Å². The molecular weight excluding hydrogens is 907 g/mol. The molecule has 0 radical (unpaired) electrons. The van der Waals surface area contributed by atoms with Crippen LogP contribution in [0, 0.1) is 17.8 Å². The molecule has 0 aromatic heterocycles. The quantitative estimate of drug-likeness (QED) is 0.0275. The van der Waals surface area contributed by atoms with Gasteiger partial charge in [-0.25, -0.2) is 9.59 Å². The summed E-state index contributed by atoms with van der Waals surface area (Å²) in [5.41, 5.74) is 4.34. The first-order chi connectivity index (χ1) is 35.3. The molecule has 1 aliphatic heterocycles. The molecule has 12 heteroatoms. The number of aliphatic hydroxyl groups excluding tert-OH is 2. The number of benzene rings is 4. The Morgan fingerprint density at radius 1 is 0.847 bits per heavy atom. The van der Waals surface area contributed by atoms with Gasteiger partial charge in [0.25, 0.3) is 0 Å². The number of carbonyl (C=O) groups is 2. The number of unbranched alkanes of at least 4 members (excludes halogenated alkanes) is 11. The minimum absolute atomic E-state index is 0.0159. The second-order valence-corrected chi connectivity index (χ2v) is 19.7. The molecule has 2 amide bonds. The van der Waals surface area contributed by atoms with E-state index in [-0.39, 0.29) is 57.1 Å². The summed E-state index contributed by atoms with van der Waals surface area (Å²) < 4.78 is 27.0. The largest absolute Gasteiger partial charge is 0.459 e. The fourth-order valence-corrected chi connectivity index (χ4v) is 11.5. The van der Waals surface area contributed by atoms with Gasteiger partial charge in [0.2, 0.25) is 5.79 Å². The average Bonchev–Trinajstić information content (AvgIpc) is 3.40. The van der Waals surface area contributed by atoms with Crippen LogP contribution in [0.25, 0.3) is 10.8 Å². The highest BCUT2D eigenvalue weighted by Gasteiger charge is 2.65. The van der Waals surface area contributed by atoms with Gasteiger partial charge in [0.15, 0.2) is 0 Å². The smallest absolute Gasteiger partial charge is 0.412 e. The number of allylic oxidation sites excluding steroid dienone is 1. The highest BCUT2D eigenvalue weighted by molar-refractivity contribution is 6.03. The second-order valence-electron chi connectivity index (χ2n) is 19.7. The van der Waals surface area contributed by atoms with Gasteiger partial charge >= 0.3 is 12.2 Å². The van der Waals surface area contributed by atoms with Crippen LogP contribution >= 0.6 is 0 Å². The fourth-order valence-electron chi connectivity index (χ4n) is 11.5. The Kier molecular flexibility index (Phi) is 21.0. The Morgan fingerprint density at radius 3 is 2.29 bits per heavy atom. The van der Waals surface area contributed by atoms with Crippen LogP contribution in [0.1, 0.15) is 139 Å². The fraction of sp³-hybridized carbons (Fsp3) is 0.517. The molecule has 2 aliphatic carbocycles. The van der Waals surface area contributed by atoms with Gasteiger partial charge in [-0.1, -0.05) is 168 Å². The number of nitrogens with one attached hydrogen (secondary N) is 1. The molecule has 3 N–H and O–H groups in total. The Morgan fingerprint density at radius 2 is 1.56 bits per heavy atom. The summed E-state index contributed by atoms with van der Waals surface area (Å²) in [6.45, 7) is 7.39. The van der Waals surface area contributed by atoms with E-state index < -0.39 is 29.9 Å². The summed E-state index contributed by atoms with van der Waals surface area (Å²) in [4.78, 5) is 36.1. The summed E-state index contributed by atoms with van der Waals surface area (Å²) in [5, 5.41) is 29.8. The Balaban J connectivity index is 1.31. The summed E-state index contributed by atoms with van der Waals surface area (Å²) in [6, 6.07) is 28.8. The zero-order valence-corrected chi connectivity index (χ0v) is 42.8. The minimum atomic E-state index is -1.49. The molecule has 4 aromatic carbocycles. The maximum atomic E-state index is 15.2. The number of rotatable bonds is 29. The Hall–Kier alpha value is -5.69. The van der Waals surface area contributed by atoms with Crippen LogP contribution in [0.2, 0.25) is 0 Å². The SMILES string of the molecule is C=CCOC12Oc3ccc(OC(=O)NCc4ccccc4)cc3C3C(CCCCO)C(CCCCO)C=C(C(=NOC)CC1N(Cc1cccc4ccccc14)C(=O)OCCCCCCCCCCCC)C32. The van der Waals surface area contributed by atoms with Crippen LogP contribution in [0.5, 0.6) is 11.5 Å². The average molecular weight is 986 g/mol. The van der Waals surface area contributed by atoms with Crippen LogP contribution in [0.15, 0.2) is 120 Å². The number of aliphatic hydroxyl groups is 2. The van der Waals surface area contributed by atoms with Crippen molar-refractivity contribution in [2.45, 2.75) is 147 Å². The molecule has 3 aliphatic rings. The molecule has 72 heavy (non-hydrogen) atoms. The third-order valence-corrected chi connectivity index (χ3v) is 14.9. The number of hydrogen-bond donors (Lipinski definition) is 3. The van der Waals surface area contributed by atoms with Gasteiger partial charge in [0.1, 0.15) is 24.7 Å². The Labute approximate surface area is 427 Å². The summed E-state index contributed by atoms with van der Waals surface area (Å²) in [5.74, 6) is -1.41. The minimum Gasteiger partial charge on any atom is -0.459 e. The van der Waals surface area contributed by atoms with Gasteiger partial charge in [0.05, 0.1) is 31.4 Å². The predicted octanol–water partition coefficient (Wildman–Crippen LogP) is 13.0. The first-order valence-corrected chi connectivity index (χ1v) is 26.9. The van der Waals surface area contributed by atoms with Crippen LogP contribution in [0.3, 0.4) is 0 Å². The molecule has 6 unspecified atom stereocenters.